The molecule has 146 valence electrons. The van der Waals surface area contributed by atoms with Crippen LogP contribution in [0.2, 0.25) is 0 Å². The van der Waals surface area contributed by atoms with Gasteiger partial charge in [0.15, 0.2) is 12.4 Å². The number of nitrogens with zero attached hydrogens (tertiary/aromatic N) is 1. The first-order valence-electron chi connectivity index (χ1n) is 7.35. The fourth-order valence-corrected chi connectivity index (χ4v) is 2.22. The second kappa shape index (κ2) is 13.4. The highest BCUT2D eigenvalue weighted by Gasteiger charge is 1.99. The van der Waals surface area contributed by atoms with E-state index < -0.39 is 0 Å². The molecule has 0 atom stereocenters. The second-order valence-corrected chi connectivity index (χ2v) is 5.45. The Balaban J connectivity index is -0.00000115. The van der Waals surface area contributed by atoms with Crippen molar-refractivity contribution < 1.29 is 4.57 Å². The Labute approximate surface area is 168 Å². The highest BCUT2D eigenvalue weighted by atomic mass is 14.9. The molecule has 0 N–H and O–H groups in total. The van der Waals surface area contributed by atoms with E-state index in [4.69, 9.17) is 0 Å². The molecule has 0 aliphatic rings. The van der Waals surface area contributed by atoms with Crippen LogP contribution < -0.4 is 4.57 Å². The first-order valence-corrected chi connectivity index (χ1v) is 7.35. The van der Waals surface area contributed by atoms with Gasteiger partial charge in [-0.05, 0) is 42.3 Å². The molecule has 0 amide bonds. The molecule has 1 nitrogen and oxygen atoms in total. The normalized spacial score (nSPS) is 8.07. The Bertz CT molecular complexity index is 815. The van der Waals surface area contributed by atoms with Gasteiger partial charge >= 0.3 is 0 Å². The molecule has 1 heterocycles. The van der Waals surface area contributed by atoms with Gasteiger partial charge < -0.3 is 0 Å². The highest BCUT2D eigenvalue weighted by Crippen LogP contribution is 2.18. The summed E-state index contributed by atoms with van der Waals surface area (Å²) < 4.78 is 2.03. The topological polar surface area (TPSA) is 3.88 Å². The van der Waals surface area contributed by atoms with Crippen molar-refractivity contribution in [2.24, 2.45) is 7.05 Å². The maximum Gasteiger partial charge on any atom is 0.169 e. The van der Waals surface area contributed by atoms with Crippen LogP contribution in [0.4, 0.5) is 0 Å². The molecular weight excluding hydrogens is 326 g/mol. The van der Waals surface area contributed by atoms with Gasteiger partial charge in [-0.1, -0.05) is 78.8 Å². The highest BCUT2D eigenvalue weighted by molar-refractivity contribution is 5.63. The first kappa shape index (κ1) is 28.9. The van der Waals surface area contributed by atoms with Crippen LogP contribution in [0.5, 0.6) is 0 Å². The Kier molecular flexibility index (Phi) is 14.3. The van der Waals surface area contributed by atoms with E-state index in [-0.39, 0.29) is 37.1 Å². The summed E-state index contributed by atoms with van der Waals surface area (Å²) in [5.74, 6) is 6.42. The lowest BCUT2D eigenvalue weighted by Gasteiger charge is -2.00. The molecule has 0 unspecified atom stereocenters. The smallest absolute Gasteiger partial charge is 0.169 e. The van der Waals surface area contributed by atoms with Crippen LogP contribution in [0.1, 0.15) is 53.8 Å². The van der Waals surface area contributed by atoms with Crippen molar-refractivity contribution in [3.05, 3.63) is 89.7 Å². The summed E-state index contributed by atoms with van der Waals surface area (Å²) in [5, 5.41) is 0. The molecule has 3 rings (SSSR count). The van der Waals surface area contributed by atoms with Gasteiger partial charge in [0.2, 0.25) is 0 Å². The van der Waals surface area contributed by atoms with Gasteiger partial charge in [-0.3, -0.25) is 0 Å². The van der Waals surface area contributed by atoms with Crippen LogP contribution in [0.25, 0.3) is 11.1 Å². The maximum absolute atomic E-state index is 3.21. The van der Waals surface area contributed by atoms with Crippen molar-refractivity contribution in [1.82, 2.24) is 0 Å². The number of aryl methyl sites for hydroxylation is 2. The quantitative estimate of drug-likeness (QED) is 0.321. The standard InChI is InChI=1S/C21H18N.5CH4/c1-17-3-5-18(6-4-17)7-8-19-9-11-20(12-10-19)21-13-15-22(2)16-14-21;;;;;/h3-6,9-16H,1-2H3;5*1H4/q+1;;;;;. The third-order valence-corrected chi connectivity index (χ3v) is 3.60. The molecule has 3 aromatic rings. The fraction of sp³-hybridized carbons (Fsp3) is 0.269. The zero-order valence-electron chi connectivity index (χ0n) is 12.9. The van der Waals surface area contributed by atoms with Gasteiger partial charge in [-0.2, -0.15) is 0 Å². The lowest BCUT2D eigenvalue weighted by atomic mass is 10.1. The average Bonchev–Trinajstić information content (AvgIpc) is 2.56. The summed E-state index contributed by atoms with van der Waals surface area (Å²) in [6.07, 6.45) is 4.11. The van der Waals surface area contributed by atoms with Crippen molar-refractivity contribution in [1.29, 1.82) is 0 Å². The third kappa shape index (κ3) is 7.92. The molecule has 0 aliphatic heterocycles. The maximum atomic E-state index is 3.21. The predicted molar refractivity (Wildman–Crippen MR) is 124 cm³/mol. The fourth-order valence-electron chi connectivity index (χ4n) is 2.22. The van der Waals surface area contributed by atoms with E-state index in [1.54, 1.807) is 0 Å². The largest absolute Gasteiger partial charge is 0.208 e. The zero-order chi connectivity index (χ0) is 15.4. The molecule has 1 heteroatoms. The number of benzene rings is 2. The van der Waals surface area contributed by atoms with E-state index in [1.807, 2.05) is 11.6 Å². The Morgan fingerprint density at radius 1 is 0.556 bits per heavy atom. The molecule has 1 aromatic heterocycles. The summed E-state index contributed by atoms with van der Waals surface area (Å²) in [6, 6.07) is 20.9. The monoisotopic (exact) mass is 364 g/mol. The van der Waals surface area contributed by atoms with Gasteiger partial charge in [0, 0.05) is 23.3 Å². The molecule has 27 heavy (non-hydrogen) atoms. The Morgan fingerprint density at radius 3 is 1.37 bits per heavy atom. The van der Waals surface area contributed by atoms with Gasteiger partial charge in [-0.25, -0.2) is 4.57 Å². The number of aromatic nitrogens is 1. The van der Waals surface area contributed by atoms with Crippen molar-refractivity contribution in [3.8, 4) is 23.0 Å². The van der Waals surface area contributed by atoms with E-state index in [1.165, 1.54) is 16.7 Å². The Morgan fingerprint density at radius 2 is 0.926 bits per heavy atom. The SMILES string of the molecule is C.C.C.C.C.Cc1ccc(C#Cc2ccc(-c3cc[n+](C)cc3)cc2)cc1. The van der Waals surface area contributed by atoms with Gasteiger partial charge in [0.25, 0.3) is 0 Å². The van der Waals surface area contributed by atoms with Crippen molar-refractivity contribution >= 4 is 0 Å². The molecule has 0 bridgehead atoms. The number of pyridine rings is 1. The van der Waals surface area contributed by atoms with Crippen LogP contribution in [0.3, 0.4) is 0 Å². The van der Waals surface area contributed by atoms with Crippen LogP contribution in [-0.2, 0) is 7.05 Å². The lowest BCUT2D eigenvalue weighted by molar-refractivity contribution is -0.671. The second-order valence-electron chi connectivity index (χ2n) is 5.45. The van der Waals surface area contributed by atoms with Crippen LogP contribution in [0, 0.1) is 18.8 Å². The van der Waals surface area contributed by atoms with Crippen molar-refractivity contribution in [2.45, 2.75) is 44.1 Å². The van der Waals surface area contributed by atoms with Gasteiger partial charge in [-0.15, -0.1) is 0 Å². The molecule has 0 radical (unpaired) electrons. The van der Waals surface area contributed by atoms with E-state index in [2.05, 4.69) is 91.8 Å². The van der Waals surface area contributed by atoms with Crippen molar-refractivity contribution in [3.63, 3.8) is 0 Å². The molecule has 2 aromatic carbocycles. The molecule has 0 aliphatic carbocycles. The minimum atomic E-state index is 0. The molecule has 0 spiro atoms. The minimum absolute atomic E-state index is 0. The molecule has 0 fully saturated rings. The van der Waals surface area contributed by atoms with Crippen molar-refractivity contribution in [2.75, 3.05) is 0 Å². The van der Waals surface area contributed by atoms with Crippen LogP contribution in [0.15, 0.2) is 73.1 Å². The van der Waals surface area contributed by atoms with Crippen LogP contribution in [-0.4, -0.2) is 0 Å². The zero-order valence-corrected chi connectivity index (χ0v) is 12.9. The lowest BCUT2D eigenvalue weighted by Crippen LogP contribution is -2.25. The number of hydrogen-bond acceptors (Lipinski definition) is 0. The first-order chi connectivity index (χ1) is 10.7. The number of rotatable bonds is 1. The number of hydrogen-bond donors (Lipinski definition) is 0. The van der Waals surface area contributed by atoms with E-state index in [0.29, 0.717) is 0 Å². The minimum Gasteiger partial charge on any atom is -0.208 e. The Hall–Kier alpha value is -2.85. The predicted octanol–water partition coefficient (Wildman–Crippen LogP) is 7.07. The molecule has 0 saturated heterocycles. The molecule has 0 saturated carbocycles. The summed E-state index contributed by atoms with van der Waals surface area (Å²) in [6.45, 7) is 2.08. The third-order valence-electron chi connectivity index (χ3n) is 3.60. The summed E-state index contributed by atoms with van der Waals surface area (Å²) in [7, 11) is 2.02. The summed E-state index contributed by atoms with van der Waals surface area (Å²) >= 11 is 0. The van der Waals surface area contributed by atoms with E-state index in [0.717, 1.165) is 11.1 Å². The average molecular weight is 365 g/mol. The summed E-state index contributed by atoms with van der Waals surface area (Å²) in [5.41, 5.74) is 5.76. The van der Waals surface area contributed by atoms with Gasteiger partial charge in [0.05, 0.1) is 0 Å². The molecular formula is C26H38N+. The van der Waals surface area contributed by atoms with E-state index in [9.17, 15) is 0 Å². The van der Waals surface area contributed by atoms with E-state index >= 15 is 0 Å². The summed E-state index contributed by atoms with van der Waals surface area (Å²) in [4.78, 5) is 0. The van der Waals surface area contributed by atoms with Crippen LogP contribution >= 0.6 is 0 Å². The van der Waals surface area contributed by atoms with Gasteiger partial charge in [0.1, 0.15) is 7.05 Å².